The van der Waals surface area contributed by atoms with Gasteiger partial charge < -0.3 is 9.80 Å². The van der Waals surface area contributed by atoms with E-state index in [1.807, 2.05) is 0 Å². The Balaban J connectivity index is 1.69. The Morgan fingerprint density at radius 3 is 2.46 bits per heavy atom. The Morgan fingerprint density at radius 2 is 1.88 bits per heavy atom. The van der Waals surface area contributed by atoms with Crippen LogP contribution < -0.4 is 0 Å². The lowest BCUT2D eigenvalue weighted by atomic mass is 9.94. The molecule has 1 fully saturated rings. The number of carbonyl (C=O) groups is 2. The van der Waals surface area contributed by atoms with E-state index in [2.05, 4.69) is 16.7 Å². The highest BCUT2D eigenvalue weighted by molar-refractivity contribution is 5.93. The van der Waals surface area contributed by atoms with Gasteiger partial charge in [-0.3, -0.25) is 9.59 Å². The molecule has 130 valence electrons. The first kappa shape index (κ1) is 16.4. The SMILES string of the molecule is C=CC(=O)N1CC(F)(C(=O)N2CCn3nc(C(F)(F)F)nc3C2)C1. The number of halogens is 4. The number of nitrogens with zero attached hydrogens (tertiary/aromatic N) is 5. The summed E-state index contributed by atoms with van der Waals surface area (Å²) in [5.41, 5.74) is -2.23. The molecule has 24 heavy (non-hydrogen) atoms. The Kier molecular flexibility index (Phi) is 3.61. The number of carbonyl (C=O) groups excluding carboxylic acids is 2. The summed E-state index contributed by atoms with van der Waals surface area (Å²) in [6.07, 6.45) is -3.66. The standard InChI is InChI=1S/C13H13F4N5O2/c1-2-9(23)21-6-12(14,7-21)11(24)20-3-4-22-8(5-20)18-10(19-22)13(15,16)17/h2H,1,3-7H2. The number of alkyl halides is 4. The molecule has 1 aromatic heterocycles. The fraction of sp³-hybridized carbons (Fsp3) is 0.538. The molecule has 0 unspecified atom stereocenters. The largest absolute Gasteiger partial charge is 0.453 e. The van der Waals surface area contributed by atoms with E-state index in [0.29, 0.717) is 0 Å². The van der Waals surface area contributed by atoms with Crippen molar-refractivity contribution in [1.29, 1.82) is 0 Å². The smallest absolute Gasteiger partial charge is 0.331 e. The van der Waals surface area contributed by atoms with Gasteiger partial charge in [-0.1, -0.05) is 6.58 Å². The van der Waals surface area contributed by atoms with Crippen molar-refractivity contribution < 1.29 is 27.2 Å². The van der Waals surface area contributed by atoms with E-state index >= 15 is 0 Å². The van der Waals surface area contributed by atoms with Gasteiger partial charge in [-0.25, -0.2) is 14.1 Å². The topological polar surface area (TPSA) is 71.3 Å². The van der Waals surface area contributed by atoms with Crippen molar-refractivity contribution in [3.63, 3.8) is 0 Å². The lowest BCUT2D eigenvalue weighted by molar-refractivity contribution is -0.163. The second-order valence-corrected chi connectivity index (χ2v) is 5.66. The quantitative estimate of drug-likeness (QED) is 0.573. The number of aromatic nitrogens is 3. The molecule has 0 bridgehead atoms. The number of hydrogen-bond donors (Lipinski definition) is 0. The number of fused-ring (bicyclic) bond motifs is 1. The molecule has 1 saturated heterocycles. The van der Waals surface area contributed by atoms with Crippen LogP contribution in [0.2, 0.25) is 0 Å². The summed E-state index contributed by atoms with van der Waals surface area (Å²) in [5.74, 6) is -2.68. The molecule has 3 rings (SSSR count). The van der Waals surface area contributed by atoms with Gasteiger partial charge in [-0.15, -0.1) is 5.10 Å². The lowest BCUT2D eigenvalue weighted by Gasteiger charge is -2.45. The minimum absolute atomic E-state index is 0.00443. The van der Waals surface area contributed by atoms with Crippen LogP contribution >= 0.6 is 0 Å². The molecule has 2 aliphatic rings. The number of likely N-dealkylation sites (tertiary alicyclic amines) is 1. The van der Waals surface area contributed by atoms with Crippen LogP contribution in [0.15, 0.2) is 12.7 Å². The molecular weight excluding hydrogens is 334 g/mol. The monoisotopic (exact) mass is 347 g/mol. The molecule has 1 aromatic rings. The Hall–Kier alpha value is -2.46. The van der Waals surface area contributed by atoms with E-state index in [4.69, 9.17) is 0 Å². The van der Waals surface area contributed by atoms with Gasteiger partial charge in [0.1, 0.15) is 5.82 Å². The van der Waals surface area contributed by atoms with E-state index in [-0.39, 0.29) is 25.5 Å². The lowest BCUT2D eigenvalue weighted by Crippen LogP contribution is -2.67. The van der Waals surface area contributed by atoms with Gasteiger partial charge >= 0.3 is 6.18 Å². The van der Waals surface area contributed by atoms with Gasteiger partial charge in [0.25, 0.3) is 11.7 Å². The summed E-state index contributed by atoms with van der Waals surface area (Å²) in [6, 6.07) is 0. The van der Waals surface area contributed by atoms with Crippen molar-refractivity contribution in [2.75, 3.05) is 19.6 Å². The third kappa shape index (κ3) is 2.63. The molecule has 0 atom stereocenters. The first-order chi connectivity index (χ1) is 11.1. The Bertz CT molecular complexity index is 708. The van der Waals surface area contributed by atoms with E-state index < -0.39 is 42.6 Å². The highest BCUT2D eigenvalue weighted by atomic mass is 19.4. The maximum absolute atomic E-state index is 14.6. The second kappa shape index (κ2) is 5.28. The summed E-state index contributed by atoms with van der Waals surface area (Å²) >= 11 is 0. The molecular formula is C13H13F4N5O2. The van der Waals surface area contributed by atoms with Crippen molar-refractivity contribution in [2.45, 2.75) is 24.9 Å². The molecule has 3 heterocycles. The van der Waals surface area contributed by atoms with Gasteiger partial charge in [-0.2, -0.15) is 13.2 Å². The van der Waals surface area contributed by atoms with Crippen LogP contribution in [0, 0.1) is 0 Å². The van der Waals surface area contributed by atoms with Crippen LogP contribution in [-0.2, 0) is 28.9 Å². The summed E-state index contributed by atoms with van der Waals surface area (Å²) in [4.78, 5) is 29.2. The van der Waals surface area contributed by atoms with Gasteiger partial charge in [0.2, 0.25) is 11.6 Å². The number of amides is 2. The third-order valence-corrected chi connectivity index (χ3v) is 3.96. The molecule has 0 spiro atoms. The van der Waals surface area contributed by atoms with Crippen molar-refractivity contribution in [3.05, 3.63) is 24.3 Å². The zero-order valence-electron chi connectivity index (χ0n) is 12.4. The first-order valence-electron chi connectivity index (χ1n) is 7.04. The fourth-order valence-corrected chi connectivity index (χ4v) is 2.69. The molecule has 0 radical (unpaired) electrons. The summed E-state index contributed by atoms with van der Waals surface area (Å²) in [7, 11) is 0. The maximum atomic E-state index is 14.6. The van der Waals surface area contributed by atoms with Crippen LogP contribution in [0.1, 0.15) is 11.6 Å². The van der Waals surface area contributed by atoms with Crippen LogP contribution in [0.3, 0.4) is 0 Å². The predicted molar refractivity (Wildman–Crippen MR) is 71.1 cm³/mol. The van der Waals surface area contributed by atoms with Crippen molar-refractivity contribution >= 4 is 11.8 Å². The van der Waals surface area contributed by atoms with Crippen LogP contribution in [0.4, 0.5) is 17.6 Å². The van der Waals surface area contributed by atoms with Crippen LogP contribution in [0.25, 0.3) is 0 Å². The van der Waals surface area contributed by atoms with E-state index in [9.17, 15) is 27.2 Å². The average molecular weight is 347 g/mol. The van der Waals surface area contributed by atoms with Gasteiger partial charge in [0, 0.05) is 6.54 Å². The Morgan fingerprint density at radius 1 is 1.21 bits per heavy atom. The van der Waals surface area contributed by atoms with E-state index in [1.54, 1.807) is 0 Å². The molecule has 0 aliphatic carbocycles. The van der Waals surface area contributed by atoms with Crippen LogP contribution in [-0.4, -0.2) is 61.7 Å². The second-order valence-electron chi connectivity index (χ2n) is 5.66. The minimum Gasteiger partial charge on any atom is -0.331 e. The maximum Gasteiger partial charge on any atom is 0.453 e. The van der Waals surface area contributed by atoms with Crippen molar-refractivity contribution in [2.24, 2.45) is 0 Å². The minimum atomic E-state index is -4.68. The summed E-state index contributed by atoms with van der Waals surface area (Å²) in [6.45, 7) is 2.24. The van der Waals surface area contributed by atoms with Crippen molar-refractivity contribution in [3.8, 4) is 0 Å². The van der Waals surface area contributed by atoms with E-state index in [1.165, 1.54) is 0 Å². The first-order valence-corrected chi connectivity index (χ1v) is 7.04. The average Bonchev–Trinajstić information content (AvgIpc) is 2.93. The summed E-state index contributed by atoms with van der Waals surface area (Å²) in [5, 5.41) is 3.34. The molecule has 0 N–H and O–H groups in total. The molecule has 7 nitrogen and oxygen atoms in total. The zero-order chi connectivity index (χ0) is 17.7. The fourth-order valence-electron chi connectivity index (χ4n) is 2.69. The highest BCUT2D eigenvalue weighted by Gasteiger charge is 2.53. The Labute approximate surface area is 133 Å². The number of rotatable bonds is 2. The predicted octanol–water partition coefficient (Wildman–Crippen LogP) is 0.376. The zero-order valence-corrected chi connectivity index (χ0v) is 12.4. The molecule has 2 aliphatic heterocycles. The molecule has 0 aromatic carbocycles. The number of hydrogen-bond acceptors (Lipinski definition) is 4. The van der Waals surface area contributed by atoms with Gasteiger partial charge in [0.05, 0.1) is 26.2 Å². The van der Waals surface area contributed by atoms with Gasteiger partial charge in [-0.05, 0) is 6.08 Å². The van der Waals surface area contributed by atoms with Crippen LogP contribution in [0.5, 0.6) is 0 Å². The normalized spacial score (nSPS) is 19.5. The van der Waals surface area contributed by atoms with E-state index in [0.717, 1.165) is 20.6 Å². The molecule has 2 amide bonds. The third-order valence-electron chi connectivity index (χ3n) is 3.96. The molecule has 0 saturated carbocycles. The van der Waals surface area contributed by atoms with Gasteiger partial charge in [0.15, 0.2) is 0 Å². The van der Waals surface area contributed by atoms with Crippen molar-refractivity contribution in [1.82, 2.24) is 24.6 Å². The highest BCUT2D eigenvalue weighted by Crippen LogP contribution is 2.30. The molecule has 11 heteroatoms. The summed E-state index contributed by atoms with van der Waals surface area (Å²) < 4.78 is 53.5.